The number of amides is 1. The Morgan fingerprint density at radius 2 is 1.79 bits per heavy atom. The van der Waals surface area contributed by atoms with Crippen molar-refractivity contribution in [1.82, 2.24) is 9.88 Å². The fourth-order valence-electron chi connectivity index (χ4n) is 4.25. The van der Waals surface area contributed by atoms with E-state index in [0.717, 1.165) is 41.8 Å². The van der Waals surface area contributed by atoms with Crippen LogP contribution in [0.15, 0.2) is 60.8 Å². The Hall–Kier alpha value is -3.35. The standard InChI is InChI=1S/C26H26F3N3O/c1-17-7-5-11-21(18(17)2)22-9-3-4-10-23(22)25(33)32-14-6-8-20(16-32)31-24-13-12-19(15-30-24)26(27,28)29/h3-5,7,9-13,15,20H,6,8,14,16H2,1-2H3,(H,30,31). The molecular weight excluding hydrogens is 427 g/mol. The minimum Gasteiger partial charge on any atom is -0.366 e. The molecule has 1 unspecified atom stereocenters. The number of rotatable bonds is 4. The summed E-state index contributed by atoms with van der Waals surface area (Å²) in [6, 6.07) is 16.0. The van der Waals surface area contributed by atoms with Crippen LogP contribution in [0.5, 0.6) is 0 Å². The fraction of sp³-hybridized carbons (Fsp3) is 0.308. The monoisotopic (exact) mass is 453 g/mol. The molecule has 0 spiro atoms. The molecule has 3 aromatic rings. The maximum atomic E-state index is 13.5. The Morgan fingerprint density at radius 1 is 1.03 bits per heavy atom. The highest BCUT2D eigenvalue weighted by molar-refractivity contribution is 6.01. The minimum absolute atomic E-state index is 0.0432. The number of carbonyl (C=O) groups excluding carboxylic acids is 1. The largest absolute Gasteiger partial charge is 0.417 e. The molecule has 2 heterocycles. The van der Waals surface area contributed by atoms with E-state index in [0.29, 0.717) is 24.5 Å². The molecule has 1 aliphatic rings. The first-order chi connectivity index (χ1) is 15.7. The Morgan fingerprint density at radius 3 is 2.52 bits per heavy atom. The predicted molar refractivity (Wildman–Crippen MR) is 123 cm³/mol. The zero-order valence-electron chi connectivity index (χ0n) is 18.6. The van der Waals surface area contributed by atoms with Gasteiger partial charge in [-0.15, -0.1) is 0 Å². The van der Waals surface area contributed by atoms with E-state index >= 15 is 0 Å². The van der Waals surface area contributed by atoms with Crippen molar-refractivity contribution in [3.8, 4) is 11.1 Å². The van der Waals surface area contributed by atoms with Crippen LogP contribution in [0.4, 0.5) is 19.0 Å². The van der Waals surface area contributed by atoms with E-state index in [-0.39, 0.29) is 11.9 Å². The average Bonchev–Trinajstić information content (AvgIpc) is 2.80. The summed E-state index contributed by atoms with van der Waals surface area (Å²) in [5.74, 6) is 0.330. The predicted octanol–water partition coefficient (Wildman–Crippen LogP) is 6.10. The molecule has 4 rings (SSSR count). The molecule has 0 bridgehead atoms. The van der Waals surface area contributed by atoms with Crippen LogP contribution in [0.25, 0.3) is 11.1 Å². The highest BCUT2D eigenvalue weighted by atomic mass is 19.4. The molecule has 0 saturated carbocycles. The van der Waals surface area contributed by atoms with Gasteiger partial charge >= 0.3 is 6.18 Å². The number of hydrogen-bond acceptors (Lipinski definition) is 3. The summed E-state index contributed by atoms with van der Waals surface area (Å²) in [5, 5.41) is 3.19. The van der Waals surface area contributed by atoms with E-state index in [1.165, 1.54) is 11.6 Å². The SMILES string of the molecule is Cc1cccc(-c2ccccc2C(=O)N2CCCC(Nc3ccc(C(F)(F)F)cn3)C2)c1C. The first kappa shape index (κ1) is 22.8. The van der Waals surface area contributed by atoms with Gasteiger partial charge in [-0.2, -0.15) is 13.2 Å². The van der Waals surface area contributed by atoms with Crippen LogP contribution in [-0.2, 0) is 6.18 Å². The van der Waals surface area contributed by atoms with Gasteiger partial charge in [-0.05, 0) is 67.1 Å². The third-order valence-corrected chi connectivity index (χ3v) is 6.20. The third-order valence-electron chi connectivity index (χ3n) is 6.20. The molecule has 1 saturated heterocycles. The fourth-order valence-corrected chi connectivity index (χ4v) is 4.25. The maximum Gasteiger partial charge on any atom is 0.417 e. The van der Waals surface area contributed by atoms with Crippen LogP contribution >= 0.6 is 0 Å². The molecular formula is C26H26F3N3O. The van der Waals surface area contributed by atoms with E-state index in [9.17, 15) is 18.0 Å². The van der Waals surface area contributed by atoms with Crippen molar-refractivity contribution < 1.29 is 18.0 Å². The molecule has 1 aromatic heterocycles. The lowest BCUT2D eigenvalue weighted by atomic mass is 9.92. The molecule has 7 heteroatoms. The summed E-state index contributed by atoms with van der Waals surface area (Å²) in [4.78, 5) is 19.2. The number of nitrogens with zero attached hydrogens (tertiary/aromatic N) is 2. The van der Waals surface area contributed by atoms with Crippen LogP contribution in [0, 0.1) is 13.8 Å². The van der Waals surface area contributed by atoms with Gasteiger partial charge < -0.3 is 10.2 Å². The second kappa shape index (κ2) is 9.25. The summed E-state index contributed by atoms with van der Waals surface area (Å²) < 4.78 is 38.3. The molecule has 2 aromatic carbocycles. The van der Waals surface area contributed by atoms with Gasteiger partial charge in [0.2, 0.25) is 0 Å². The number of piperidine rings is 1. The zero-order chi connectivity index (χ0) is 23.6. The summed E-state index contributed by atoms with van der Waals surface area (Å²) in [5.41, 5.74) is 4.13. The van der Waals surface area contributed by atoms with Gasteiger partial charge in [0, 0.05) is 30.9 Å². The summed E-state index contributed by atoms with van der Waals surface area (Å²) in [6.07, 6.45) is -1.97. The first-order valence-corrected chi connectivity index (χ1v) is 11.0. The van der Waals surface area contributed by atoms with Crippen molar-refractivity contribution in [2.45, 2.75) is 38.9 Å². The molecule has 0 aliphatic carbocycles. The number of likely N-dealkylation sites (tertiary alicyclic amines) is 1. The number of pyridine rings is 1. The highest BCUT2D eigenvalue weighted by Crippen LogP contribution is 2.31. The molecule has 4 nitrogen and oxygen atoms in total. The Balaban J connectivity index is 1.51. The second-order valence-corrected chi connectivity index (χ2v) is 8.46. The Labute approximate surface area is 191 Å². The molecule has 172 valence electrons. The van der Waals surface area contributed by atoms with Crippen LogP contribution in [0.3, 0.4) is 0 Å². The van der Waals surface area contributed by atoms with E-state index in [1.54, 1.807) is 0 Å². The van der Waals surface area contributed by atoms with Gasteiger partial charge in [0.1, 0.15) is 5.82 Å². The third kappa shape index (κ3) is 5.02. The van der Waals surface area contributed by atoms with Crippen molar-refractivity contribution in [3.63, 3.8) is 0 Å². The molecule has 1 N–H and O–H groups in total. The van der Waals surface area contributed by atoms with Crippen molar-refractivity contribution in [2.24, 2.45) is 0 Å². The Bertz CT molecular complexity index is 1140. The number of alkyl halides is 3. The lowest BCUT2D eigenvalue weighted by Crippen LogP contribution is -2.45. The molecule has 1 fully saturated rings. The quantitative estimate of drug-likeness (QED) is 0.519. The topological polar surface area (TPSA) is 45.2 Å². The molecule has 33 heavy (non-hydrogen) atoms. The van der Waals surface area contributed by atoms with E-state index in [2.05, 4.69) is 30.2 Å². The normalized spacial score (nSPS) is 16.5. The van der Waals surface area contributed by atoms with Crippen molar-refractivity contribution in [1.29, 1.82) is 0 Å². The van der Waals surface area contributed by atoms with Crippen LogP contribution < -0.4 is 5.32 Å². The maximum absolute atomic E-state index is 13.5. The average molecular weight is 454 g/mol. The lowest BCUT2D eigenvalue weighted by Gasteiger charge is -2.34. The molecule has 1 aliphatic heterocycles. The lowest BCUT2D eigenvalue weighted by molar-refractivity contribution is -0.137. The number of nitrogens with one attached hydrogen (secondary N) is 1. The number of halogens is 3. The summed E-state index contributed by atoms with van der Waals surface area (Å²) in [7, 11) is 0. The van der Waals surface area contributed by atoms with Crippen molar-refractivity contribution >= 4 is 11.7 Å². The van der Waals surface area contributed by atoms with E-state index in [1.807, 2.05) is 41.3 Å². The molecule has 0 radical (unpaired) electrons. The van der Waals surface area contributed by atoms with Crippen LogP contribution in [0.1, 0.15) is 39.9 Å². The number of aryl methyl sites for hydroxylation is 1. The summed E-state index contributed by atoms with van der Waals surface area (Å²) >= 11 is 0. The van der Waals surface area contributed by atoms with Crippen molar-refractivity contribution in [2.75, 3.05) is 18.4 Å². The Kier molecular flexibility index (Phi) is 6.40. The molecule has 1 amide bonds. The minimum atomic E-state index is -4.41. The smallest absolute Gasteiger partial charge is 0.366 e. The number of aromatic nitrogens is 1. The van der Waals surface area contributed by atoms with Gasteiger partial charge in [-0.1, -0.05) is 36.4 Å². The zero-order valence-corrected chi connectivity index (χ0v) is 18.6. The second-order valence-electron chi connectivity index (χ2n) is 8.46. The van der Waals surface area contributed by atoms with Gasteiger partial charge in [-0.25, -0.2) is 4.98 Å². The van der Waals surface area contributed by atoms with E-state index in [4.69, 9.17) is 0 Å². The number of hydrogen-bond donors (Lipinski definition) is 1. The number of anilines is 1. The van der Waals surface area contributed by atoms with Gasteiger partial charge in [-0.3, -0.25) is 4.79 Å². The van der Waals surface area contributed by atoms with Crippen molar-refractivity contribution in [3.05, 3.63) is 83.0 Å². The van der Waals surface area contributed by atoms with Gasteiger partial charge in [0.25, 0.3) is 5.91 Å². The molecule has 1 atom stereocenters. The summed E-state index contributed by atoms with van der Waals surface area (Å²) in [6.45, 7) is 5.21. The van der Waals surface area contributed by atoms with Crippen LogP contribution in [0.2, 0.25) is 0 Å². The van der Waals surface area contributed by atoms with Gasteiger partial charge in [0.05, 0.1) is 5.56 Å². The number of carbonyl (C=O) groups is 1. The first-order valence-electron chi connectivity index (χ1n) is 11.0. The highest BCUT2D eigenvalue weighted by Gasteiger charge is 2.31. The van der Waals surface area contributed by atoms with Gasteiger partial charge in [0.15, 0.2) is 0 Å². The van der Waals surface area contributed by atoms with Crippen LogP contribution in [-0.4, -0.2) is 34.9 Å². The number of benzene rings is 2. The van der Waals surface area contributed by atoms with E-state index < -0.39 is 11.7 Å².